The van der Waals surface area contributed by atoms with Crippen molar-refractivity contribution in [3.05, 3.63) is 33.5 Å². The highest BCUT2D eigenvalue weighted by Gasteiger charge is 2.38. The number of hydrogen-bond acceptors (Lipinski definition) is 6. The van der Waals surface area contributed by atoms with Crippen molar-refractivity contribution in [3.63, 3.8) is 0 Å². The highest BCUT2D eigenvalue weighted by atomic mass is 19.4. The van der Waals surface area contributed by atoms with Gasteiger partial charge in [0.05, 0.1) is 6.54 Å². The van der Waals surface area contributed by atoms with Crippen LogP contribution in [-0.2, 0) is 24.9 Å². The van der Waals surface area contributed by atoms with Crippen LogP contribution in [0.4, 0.5) is 19.1 Å². The average Bonchev–Trinajstić information content (AvgIpc) is 3.16. The molecule has 0 bridgehead atoms. The summed E-state index contributed by atoms with van der Waals surface area (Å²) >= 11 is 0. The lowest BCUT2D eigenvalue weighted by atomic mass is 10.4. The van der Waals surface area contributed by atoms with Crippen LogP contribution in [0.3, 0.4) is 0 Å². The van der Waals surface area contributed by atoms with Gasteiger partial charge < -0.3 is 15.3 Å². The van der Waals surface area contributed by atoms with Gasteiger partial charge in [-0.1, -0.05) is 12.0 Å². The van der Waals surface area contributed by atoms with Gasteiger partial charge in [0.15, 0.2) is 11.2 Å². The van der Waals surface area contributed by atoms with Crippen molar-refractivity contribution in [2.45, 2.75) is 32.6 Å². The molecule has 0 amide bonds. The summed E-state index contributed by atoms with van der Waals surface area (Å²) in [5.74, 6) is 3.84. The van der Waals surface area contributed by atoms with Crippen molar-refractivity contribution in [1.29, 1.82) is 0 Å². The average molecular weight is 470 g/mol. The zero-order chi connectivity index (χ0) is 24.8. The fourth-order valence-electron chi connectivity index (χ4n) is 3.18. The summed E-state index contributed by atoms with van der Waals surface area (Å²) in [7, 11) is 1.50. The number of rotatable bonds is 5. The highest BCUT2D eigenvalue weighted by molar-refractivity contribution is 5.75. The number of nitrogens with zero attached hydrogens (tertiary/aromatic N) is 5. The van der Waals surface area contributed by atoms with E-state index < -0.39 is 12.1 Å². The van der Waals surface area contributed by atoms with Gasteiger partial charge >= 0.3 is 17.8 Å². The lowest BCUT2D eigenvalue weighted by Crippen LogP contribution is -2.44. The van der Waals surface area contributed by atoms with Gasteiger partial charge in [-0.15, -0.1) is 12.5 Å². The van der Waals surface area contributed by atoms with E-state index in [1.54, 1.807) is 17.6 Å². The summed E-state index contributed by atoms with van der Waals surface area (Å²) in [5, 5.41) is 10.4. The molecule has 1 saturated heterocycles. The van der Waals surface area contributed by atoms with Crippen LogP contribution in [0.25, 0.3) is 11.2 Å². The maximum atomic E-state index is 12.8. The molecule has 2 aromatic rings. The monoisotopic (exact) mass is 470 g/mol. The maximum absolute atomic E-state index is 12.8. The number of hydrogen-bond donors (Lipinski definition) is 2. The van der Waals surface area contributed by atoms with Crippen molar-refractivity contribution < 1.29 is 23.1 Å². The predicted octanol–water partition coefficient (Wildman–Crippen LogP) is 0.539. The first-order chi connectivity index (χ1) is 15.5. The lowest BCUT2D eigenvalue weighted by Gasteiger charge is -2.28. The van der Waals surface area contributed by atoms with Gasteiger partial charge in [-0.3, -0.25) is 18.5 Å². The molecule has 33 heavy (non-hydrogen) atoms. The third-order valence-electron chi connectivity index (χ3n) is 4.82. The molecule has 0 aliphatic carbocycles. The SMILES string of the molecule is C=CCCn1c(=O)n(C)c(=O)c2c1nc(N1CCNCC1)n2CC#CC.O=C(O)C(F)(F)F. The zero-order valence-electron chi connectivity index (χ0n) is 18.3. The molecular formula is C20H25F3N6O4. The molecule has 3 rings (SSSR count). The van der Waals surface area contributed by atoms with Gasteiger partial charge in [0.25, 0.3) is 5.56 Å². The van der Waals surface area contributed by atoms with Crippen molar-refractivity contribution in [1.82, 2.24) is 24.0 Å². The van der Waals surface area contributed by atoms with Gasteiger partial charge in [-0.2, -0.15) is 18.2 Å². The number of carboxylic acids is 1. The zero-order valence-corrected chi connectivity index (χ0v) is 18.3. The summed E-state index contributed by atoms with van der Waals surface area (Å²) in [4.78, 5) is 41.2. The molecule has 1 aliphatic rings. The van der Waals surface area contributed by atoms with Crippen LogP contribution in [0.2, 0.25) is 0 Å². The smallest absolute Gasteiger partial charge is 0.475 e. The number of imidazole rings is 1. The topological polar surface area (TPSA) is 114 Å². The van der Waals surface area contributed by atoms with Crippen LogP contribution < -0.4 is 21.5 Å². The number of nitrogens with one attached hydrogen (secondary N) is 1. The van der Waals surface area contributed by atoms with Gasteiger partial charge in [0.1, 0.15) is 0 Å². The standard InChI is InChI=1S/C18H24N6O2.C2HF3O2/c1-4-6-10-23-14-15(20-17(23)22-12-8-19-9-13-22)24(11-7-5-2)18(26)21(3)16(14)25;3-2(4,5)1(6)7/h5,19H,2,7-13H2,1,3H3;(H,6,7). The summed E-state index contributed by atoms with van der Waals surface area (Å²) in [6.45, 7) is 9.57. The van der Waals surface area contributed by atoms with Crippen LogP contribution >= 0.6 is 0 Å². The lowest BCUT2D eigenvalue weighted by molar-refractivity contribution is -0.192. The van der Waals surface area contributed by atoms with E-state index in [0.29, 0.717) is 36.6 Å². The van der Waals surface area contributed by atoms with Gasteiger partial charge in [-0.25, -0.2) is 9.59 Å². The second kappa shape index (κ2) is 10.9. The third-order valence-corrected chi connectivity index (χ3v) is 4.82. The molecule has 0 spiro atoms. The van der Waals surface area contributed by atoms with Crippen molar-refractivity contribution in [3.8, 4) is 11.8 Å². The first-order valence-electron chi connectivity index (χ1n) is 10.0. The fraction of sp³-hybridized carbons (Fsp3) is 0.500. The predicted molar refractivity (Wildman–Crippen MR) is 116 cm³/mol. The summed E-state index contributed by atoms with van der Waals surface area (Å²) in [6.07, 6.45) is -2.71. The number of alkyl halides is 3. The first-order valence-corrected chi connectivity index (χ1v) is 10.0. The van der Waals surface area contributed by atoms with Gasteiger partial charge in [0, 0.05) is 39.8 Å². The maximum Gasteiger partial charge on any atom is 0.490 e. The number of carbonyl (C=O) groups is 1. The van der Waals surface area contributed by atoms with E-state index >= 15 is 0 Å². The van der Waals surface area contributed by atoms with Crippen LogP contribution in [0.15, 0.2) is 22.2 Å². The Bertz CT molecular complexity index is 1190. The molecule has 2 aromatic heterocycles. The number of halogens is 3. The normalized spacial score (nSPS) is 13.7. The molecular weight excluding hydrogens is 445 g/mol. The van der Waals surface area contributed by atoms with E-state index in [4.69, 9.17) is 14.9 Å². The number of anilines is 1. The Balaban J connectivity index is 0.000000479. The molecule has 3 heterocycles. The quantitative estimate of drug-likeness (QED) is 0.484. The Hall–Kier alpha value is -3.53. The Morgan fingerprint density at radius 1 is 1.27 bits per heavy atom. The number of carboxylic acid groups (broad SMARTS) is 1. The Morgan fingerprint density at radius 3 is 2.39 bits per heavy atom. The van der Waals surface area contributed by atoms with Gasteiger partial charge in [0.2, 0.25) is 5.95 Å². The molecule has 1 aliphatic heterocycles. The minimum atomic E-state index is -5.08. The molecule has 10 nitrogen and oxygen atoms in total. The molecule has 180 valence electrons. The van der Waals surface area contributed by atoms with Crippen LogP contribution in [0.1, 0.15) is 13.3 Å². The number of allylic oxidation sites excluding steroid dienone is 1. The van der Waals surface area contributed by atoms with Crippen LogP contribution in [-0.4, -0.2) is 62.1 Å². The Morgan fingerprint density at radius 2 is 1.88 bits per heavy atom. The van der Waals surface area contributed by atoms with Crippen LogP contribution in [0, 0.1) is 11.8 Å². The number of aryl methyl sites for hydroxylation is 1. The number of fused-ring (bicyclic) bond motifs is 1. The van der Waals surface area contributed by atoms with Crippen LogP contribution in [0.5, 0.6) is 0 Å². The molecule has 13 heteroatoms. The fourth-order valence-corrected chi connectivity index (χ4v) is 3.18. The van der Waals surface area contributed by atoms with E-state index in [-0.39, 0.29) is 11.2 Å². The summed E-state index contributed by atoms with van der Waals surface area (Å²) < 4.78 is 36.3. The largest absolute Gasteiger partial charge is 0.490 e. The minimum absolute atomic E-state index is 0.341. The van der Waals surface area contributed by atoms with Gasteiger partial charge in [-0.05, 0) is 13.3 Å². The van der Waals surface area contributed by atoms with E-state index in [1.165, 1.54) is 7.05 Å². The minimum Gasteiger partial charge on any atom is -0.475 e. The first kappa shape index (κ1) is 25.7. The van der Waals surface area contributed by atoms with E-state index in [0.717, 1.165) is 30.7 Å². The number of aromatic nitrogens is 4. The summed E-state index contributed by atoms with van der Waals surface area (Å²) in [6, 6.07) is 0. The molecule has 0 unspecified atom stereocenters. The Labute approximate surface area is 186 Å². The molecule has 0 radical (unpaired) electrons. The molecule has 2 N–H and O–H groups in total. The number of piperazine rings is 1. The highest BCUT2D eigenvalue weighted by Crippen LogP contribution is 2.20. The molecule has 0 atom stereocenters. The molecule has 1 fully saturated rings. The van der Waals surface area contributed by atoms with Crippen molar-refractivity contribution in [2.24, 2.45) is 7.05 Å². The molecule has 0 aromatic carbocycles. The second-order valence-electron chi connectivity index (χ2n) is 7.01. The second-order valence-corrected chi connectivity index (χ2v) is 7.01. The number of aliphatic carboxylic acids is 1. The Kier molecular flexibility index (Phi) is 8.47. The van der Waals surface area contributed by atoms with Crippen molar-refractivity contribution >= 4 is 23.1 Å². The van der Waals surface area contributed by atoms with E-state index in [1.807, 2.05) is 4.57 Å². The summed E-state index contributed by atoms with van der Waals surface area (Å²) in [5.41, 5.74) is 0.146. The van der Waals surface area contributed by atoms with Crippen molar-refractivity contribution in [2.75, 3.05) is 31.1 Å². The third kappa shape index (κ3) is 5.83. The van der Waals surface area contributed by atoms with E-state index in [9.17, 15) is 22.8 Å². The van der Waals surface area contributed by atoms with E-state index in [2.05, 4.69) is 28.6 Å². The molecule has 0 saturated carbocycles.